The predicted octanol–water partition coefficient (Wildman–Crippen LogP) is 1.75. The van der Waals surface area contributed by atoms with Crippen molar-refractivity contribution in [3.05, 3.63) is 0 Å². The molecule has 0 rings (SSSR count). The zero-order valence-electron chi connectivity index (χ0n) is 8.65. The molecular weight excluding hydrogens is 136 g/mol. The van der Waals surface area contributed by atoms with Crippen molar-refractivity contribution in [1.29, 1.82) is 0 Å². The fourth-order valence-corrected chi connectivity index (χ4v) is 0.577. The molecule has 0 heterocycles. The third kappa shape index (κ3) is 25.7. The van der Waals surface area contributed by atoms with Gasteiger partial charge in [-0.1, -0.05) is 27.2 Å². The molecule has 0 aromatic carbocycles. The number of hydrogen-bond donors (Lipinski definition) is 2. The largest absolute Gasteiger partial charge is 0.328 e. The Kier molecular flexibility index (Phi) is 12.2. The van der Waals surface area contributed by atoms with Crippen molar-refractivity contribution in [2.45, 2.75) is 52.6 Å². The molecule has 0 fully saturated rings. The smallest absolute Gasteiger partial charge is 0.00356 e. The van der Waals surface area contributed by atoms with Crippen molar-refractivity contribution in [3.8, 4) is 0 Å². The molecule has 0 bridgehead atoms. The maximum Gasteiger partial charge on any atom is 0.00356 e. The van der Waals surface area contributed by atoms with Gasteiger partial charge < -0.3 is 11.1 Å². The zero-order chi connectivity index (χ0) is 9.28. The van der Waals surface area contributed by atoms with Crippen LogP contribution < -0.4 is 11.1 Å². The van der Waals surface area contributed by atoms with E-state index >= 15 is 0 Å². The van der Waals surface area contributed by atoms with Gasteiger partial charge in [0.2, 0.25) is 0 Å². The lowest BCUT2D eigenvalue weighted by atomic mass is 10.2. The first-order chi connectivity index (χ1) is 5.04. The minimum absolute atomic E-state index is 0.333. The fraction of sp³-hybridized carbons (Fsp3) is 1.00. The lowest BCUT2D eigenvalue weighted by molar-refractivity contribution is 0.557. The molecule has 2 heteroatoms. The van der Waals surface area contributed by atoms with Gasteiger partial charge in [0.1, 0.15) is 0 Å². The predicted molar refractivity (Wildman–Crippen MR) is 52.8 cm³/mol. The maximum atomic E-state index is 5.11. The van der Waals surface area contributed by atoms with E-state index in [4.69, 9.17) is 5.73 Å². The minimum Gasteiger partial charge on any atom is -0.328 e. The van der Waals surface area contributed by atoms with E-state index in [0.29, 0.717) is 12.1 Å². The summed E-state index contributed by atoms with van der Waals surface area (Å²) >= 11 is 0. The minimum atomic E-state index is 0.333. The summed E-state index contributed by atoms with van der Waals surface area (Å²) in [5.74, 6) is 0. The number of hydrogen-bond acceptors (Lipinski definition) is 2. The van der Waals surface area contributed by atoms with Gasteiger partial charge in [-0.3, -0.25) is 0 Å². The first-order valence-electron chi connectivity index (χ1n) is 4.47. The van der Waals surface area contributed by atoms with Crippen molar-refractivity contribution < 1.29 is 0 Å². The second-order valence-electron chi connectivity index (χ2n) is 3.22. The van der Waals surface area contributed by atoms with E-state index in [-0.39, 0.29) is 0 Å². The molecule has 0 amide bonds. The third-order valence-electron chi connectivity index (χ3n) is 1.21. The molecule has 0 aromatic heterocycles. The second kappa shape index (κ2) is 9.92. The molecule has 1 atom stereocenters. The Bertz CT molecular complexity index is 59.8. The SMILES string of the molecule is CC(C)N.CCCC(C)NC. The number of nitrogens with one attached hydrogen (secondary N) is 1. The Balaban J connectivity index is 0. The Morgan fingerprint density at radius 2 is 1.64 bits per heavy atom. The van der Waals surface area contributed by atoms with E-state index in [1.54, 1.807) is 0 Å². The topological polar surface area (TPSA) is 38.0 Å². The summed E-state index contributed by atoms with van der Waals surface area (Å²) < 4.78 is 0. The van der Waals surface area contributed by atoms with Crippen LogP contribution in [-0.4, -0.2) is 19.1 Å². The van der Waals surface area contributed by atoms with Crippen LogP contribution >= 0.6 is 0 Å². The van der Waals surface area contributed by atoms with Crippen LogP contribution in [0.1, 0.15) is 40.5 Å². The van der Waals surface area contributed by atoms with Gasteiger partial charge in [-0.25, -0.2) is 0 Å². The highest BCUT2D eigenvalue weighted by atomic mass is 14.8. The van der Waals surface area contributed by atoms with Gasteiger partial charge in [-0.2, -0.15) is 0 Å². The van der Waals surface area contributed by atoms with Crippen LogP contribution in [0.25, 0.3) is 0 Å². The van der Waals surface area contributed by atoms with Gasteiger partial charge in [0, 0.05) is 6.04 Å². The fourth-order valence-electron chi connectivity index (χ4n) is 0.577. The van der Waals surface area contributed by atoms with E-state index < -0.39 is 0 Å². The van der Waals surface area contributed by atoms with Gasteiger partial charge in [0.25, 0.3) is 0 Å². The number of nitrogens with two attached hydrogens (primary N) is 1. The third-order valence-corrected chi connectivity index (χ3v) is 1.21. The van der Waals surface area contributed by atoms with E-state index in [9.17, 15) is 0 Å². The molecule has 0 aliphatic heterocycles. The maximum absolute atomic E-state index is 5.11. The Morgan fingerprint density at radius 1 is 1.27 bits per heavy atom. The van der Waals surface area contributed by atoms with E-state index in [0.717, 1.165) is 0 Å². The molecule has 1 unspecified atom stereocenters. The van der Waals surface area contributed by atoms with Gasteiger partial charge in [-0.05, 0) is 26.4 Å². The average molecular weight is 160 g/mol. The van der Waals surface area contributed by atoms with Crippen LogP contribution in [-0.2, 0) is 0 Å². The highest BCUT2D eigenvalue weighted by Gasteiger charge is 1.91. The molecule has 0 aliphatic carbocycles. The number of rotatable bonds is 3. The van der Waals surface area contributed by atoms with Gasteiger partial charge in [-0.15, -0.1) is 0 Å². The average Bonchev–Trinajstić information content (AvgIpc) is 1.87. The first kappa shape index (κ1) is 13.5. The molecule has 0 aliphatic rings. The molecule has 11 heavy (non-hydrogen) atoms. The van der Waals surface area contributed by atoms with Crippen LogP contribution in [0.4, 0.5) is 0 Å². The second-order valence-corrected chi connectivity index (χ2v) is 3.22. The molecule has 0 saturated heterocycles. The standard InChI is InChI=1S/C6H15N.C3H9N/c1-4-5-6(2)7-3;1-3(2)4/h6-7H,4-5H2,1-3H3;3H,4H2,1-2H3. The van der Waals surface area contributed by atoms with E-state index in [1.165, 1.54) is 12.8 Å². The first-order valence-corrected chi connectivity index (χ1v) is 4.47. The summed E-state index contributed by atoms with van der Waals surface area (Å²) in [5.41, 5.74) is 5.11. The molecule has 0 saturated carbocycles. The molecule has 3 N–H and O–H groups in total. The molecule has 0 aromatic rings. The van der Waals surface area contributed by atoms with Crippen LogP contribution in [0.5, 0.6) is 0 Å². The van der Waals surface area contributed by atoms with Crippen molar-refractivity contribution in [3.63, 3.8) is 0 Å². The summed E-state index contributed by atoms with van der Waals surface area (Å²) in [4.78, 5) is 0. The molecule has 2 nitrogen and oxygen atoms in total. The van der Waals surface area contributed by atoms with Gasteiger partial charge in [0.15, 0.2) is 0 Å². The Morgan fingerprint density at radius 3 is 1.73 bits per heavy atom. The van der Waals surface area contributed by atoms with Crippen LogP contribution in [0, 0.1) is 0 Å². The quantitative estimate of drug-likeness (QED) is 0.660. The summed E-state index contributed by atoms with van der Waals surface area (Å²) in [6, 6.07) is 1.03. The summed E-state index contributed by atoms with van der Waals surface area (Å²) in [5, 5.41) is 3.17. The lowest BCUT2D eigenvalue weighted by Crippen LogP contribution is -2.20. The van der Waals surface area contributed by atoms with Gasteiger partial charge in [0.05, 0.1) is 0 Å². The van der Waals surface area contributed by atoms with Crippen molar-refractivity contribution >= 4 is 0 Å². The summed E-state index contributed by atoms with van der Waals surface area (Å²) in [6.07, 6.45) is 2.57. The van der Waals surface area contributed by atoms with Crippen molar-refractivity contribution in [2.24, 2.45) is 5.73 Å². The van der Waals surface area contributed by atoms with E-state index in [2.05, 4.69) is 19.2 Å². The van der Waals surface area contributed by atoms with Crippen LogP contribution in [0.3, 0.4) is 0 Å². The monoisotopic (exact) mass is 160 g/mol. The van der Waals surface area contributed by atoms with Crippen LogP contribution in [0.15, 0.2) is 0 Å². The zero-order valence-corrected chi connectivity index (χ0v) is 8.65. The normalized spacial score (nSPS) is 12.3. The molecule has 0 spiro atoms. The summed E-state index contributed by atoms with van der Waals surface area (Å²) in [6.45, 7) is 8.29. The van der Waals surface area contributed by atoms with Crippen molar-refractivity contribution in [1.82, 2.24) is 5.32 Å². The molecular formula is C9H24N2. The Labute approximate surface area is 71.6 Å². The van der Waals surface area contributed by atoms with Crippen molar-refractivity contribution in [2.75, 3.05) is 7.05 Å². The Hall–Kier alpha value is -0.0800. The molecule has 0 radical (unpaired) electrons. The van der Waals surface area contributed by atoms with Gasteiger partial charge >= 0.3 is 0 Å². The van der Waals surface area contributed by atoms with E-state index in [1.807, 2.05) is 20.9 Å². The molecule has 70 valence electrons. The summed E-state index contributed by atoms with van der Waals surface area (Å²) in [7, 11) is 2.00. The highest BCUT2D eigenvalue weighted by molar-refractivity contribution is 4.52. The lowest BCUT2D eigenvalue weighted by Gasteiger charge is -2.05. The highest BCUT2D eigenvalue weighted by Crippen LogP contribution is 1.91. The van der Waals surface area contributed by atoms with Crippen LogP contribution in [0.2, 0.25) is 0 Å².